The summed E-state index contributed by atoms with van der Waals surface area (Å²) in [5.74, 6) is -0.0308. The van der Waals surface area contributed by atoms with Gasteiger partial charge in [0.2, 0.25) is 0 Å². The smallest absolute Gasteiger partial charge is 0.196 e. The summed E-state index contributed by atoms with van der Waals surface area (Å²) < 4.78 is 15.3. The molecule has 0 amide bonds. The highest BCUT2D eigenvalue weighted by Crippen LogP contribution is 2.32. The number of carbonyl (C=O) groups excluding carboxylic acids is 2. The summed E-state index contributed by atoms with van der Waals surface area (Å²) in [5.41, 5.74) is 3.74. The van der Waals surface area contributed by atoms with E-state index in [-0.39, 0.29) is 17.4 Å². The minimum atomic E-state index is -0.518. The number of nitrogens with one attached hydrogen (secondary N) is 1. The predicted octanol–water partition coefficient (Wildman–Crippen LogP) is 4.98. The van der Waals surface area contributed by atoms with Gasteiger partial charge in [0.15, 0.2) is 22.5 Å². The molecule has 0 saturated heterocycles. The molecule has 4 rings (SSSR count). The number of nitrogens with zero attached hydrogens (tertiary/aromatic N) is 4. The van der Waals surface area contributed by atoms with Crippen LogP contribution in [0.15, 0.2) is 53.9 Å². The van der Waals surface area contributed by atoms with E-state index in [0.29, 0.717) is 39.2 Å². The zero-order chi connectivity index (χ0) is 23.7. The maximum Gasteiger partial charge on any atom is 0.196 e. The van der Waals surface area contributed by atoms with Crippen LogP contribution in [-0.4, -0.2) is 41.5 Å². The van der Waals surface area contributed by atoms with Gasteiger partial charge in [-0.15, -0.1) is 10.2 Å². The SMILES string of the molecule is CC(=O)c1c(C)[nH]c(C(=O)C(C)Sc2nnc(-c3ccncc3)n2-c2ccc(F)cc2)c1C. The Balaban J connectivity index is 1.72. The van der Waals surface area contributed by atoms with E-state index in [2.05, 4.69) is 20.2 Å². The van der Waals surface area contributed by atoms with E-state index in [4.69, 9.17) is 0 Å². The van der Waals surface area contributed by atoms with E-state index in [1.807, 2.05) is 0 Å². The van der Waals surface area contributed by atoms with Crippen molar-refractivity contribution >= 4 is 23.3 Å². The highest BCUT2D eigenvalue weighted by atomic mass is 32.2. The molecule has 7 nitrogen and oxygen atoms in total. The molecule has 168 valence electrons. The van der Waals surface area contributed by atoms with Gasteiger partial charge in [-0.25, -0.2) is 4.39 Å². The summed E-state index contributed by atoms with van der Waals surface area (Å²) in [7, 11) is 0. The second kappa shape index (κ2) is 9.11. The molecule has 3 aromatic heterocycles. The lowest BCUT2D eigenvalue weighted by Crippen LogP contribution is -2.16. The lowest BCUT2D eigenvalue weighted by molar-refractivity contribution is 0.0988. The van der Waals surface area contributed by atoms with Crippen LogP contribution < -0.4 is 0 Å². The van der Waals surface area contributed by atoms with Crippen molar-refractivity contribution in [2.75, 3.05) is 0 Å². The highest BCUT2D eigenvalue weighted by molar-refractivity contribution is 8.00. The zero-order valence-corrected chi connectivity index (χ0v) is 19.4. The van der Waals surface area contributed by atoms with Crippen molar-refractivity contribution in [2.45, 2.75) is 38.1 Å². The first-order chi connectivity index (χ1) is 15.8. The molecule has 3 heterocycles. The molecule has 0 fully saturated rings. The van der Waals surface area contributed by atoms with Crippen molar-refractivity contribution in [1.29, 1.82) is 0 Å². The number of Topliss-reactive ketones (excluding diaryl/α,β-unsaturated/α-hetero) is 2. The Kier molecular flexibility index (Phi) is 6.24. The molecule has 0 spiro atoms. The van der Waals surface area contributed by atoms with E-state index in [1.54, 1.807) is 62.0 Å². The van der Waals surface area contributed by atoms with Gasteiger partial charge < -0.3 is 4.98 Å². The molecule has 1 aromatic carbocycles. The summed E-state index contributed by atoms with van der Waals surface area (Å²) in [6.45, 7) is 6.82. The molecule has 0 bridgehead atoms. The molecule has 1 N–H and O–H groups in total. The molecule has 0 aliphatic heterocycles. The maximum absolute atomic E-state index is 13.6. The standard InChI is InChI=1S/C24H22FN5O2S/c1-13-20(15(3)31)14(2)27-21(13)22(32)16(4)33-24-29-28-23(17-9-11-26-12-10-17)30(24)19-7-5-18(25)6-8-19/h5-12,16,27H,1-4H3. The number of carbonyl (C=O) groups is 2. The fourth-order valence-corrected chi connectivity index (χ4v) is 4.72. The lowest BCUT2D eigenvalue weighted by atomic mass is 10.0. The summed E-state index contributed by atoms with van der Waals surface area (Å²) in [6.07, 6.45) is 3.31. The largest absolute Gasteiger partial charge is 0.355 e. The number of hydrogen-bond acceptors (Lipinski definition) is 6. The number of aryl methyl sites for hydroxylation is 1. The van der Waals surface area contributed by atoms with Crippen LogP contribution in [0.5, 0.6) is 0 Å². The highest BCUT2D eigenvalue weighted by Gasteiger charge is 2.27. The third-order valence-corrected chi connectivity index (χ3v) is 6.39. The third-order valence-electron chi connectivity index (χ3n) is 5.34. The summed E-state index contributed by atoms with van der Waals surface area (Å²) in [6, 6.07) is 9.62. The van der Waals surface area contributed by atoms with Gasteiger partial charge in [-0.1, -0.05) is 11.8 Å². The monoisotopic (exact) mass is 463 g/mol. The molecule has 0 aliphatic carbocycles. The average Bonchev–Trinajstić information content (AvgIpc) is 3.34. The molecule has 9 heteroatoms. The van der Waals surface area contributed by atoms with Crippen LogP contribution in [0.4, 0.5) is 4.39 Å². The van der Waals surface area contributed by atoms with Gasteiger partial charge in [0.1, 0.15) is 5.82 Å². The fourth-order valence-electron chi connectivity index (χ4n) is 3.80. The van der Waals surface area contributed by atoms with Crippen LogP contribution in [0.2, 0.25) is 0 Å². The van der Waals surface area contributed by atoms with Gasteiger partial charge in [-0.3, -0.25) is 19.1 Å². The van der Waals surface area contributed by atoms with Crippen molar-refractivity contribution in [3.8, 4) is 17.1 Å². The minimum absolute atomic E-state index is 0.0846. The number of rotatable bonds is 7. The number of hydrogen-bond donors (Lipinski definition) is 1. The van der Waals surface area contributed by atoms with Crippen LogP contribution in [0.1, 0.15) is 46.0 Å². The molecule has 4 aromatic rings. The first-order valence-corrected chi connectivity index (χ1v) is 11.2. The van der Waals surface area contributed by atoms with Crippen LogP contribution >= 0.6 is 11.8 Å². The van der Waals surface area contributed by atoms with Gasteiger partial charge >= 0.3 is 0 Å². The Bertz CT molecular complexity index is 1330. The van der Waals surface area contributed by atoms with Gasteiger partial charge in [-0.2, -0.15) is 0 Å². The molecule has 0 saturated carbocycles. The number of aromatic amines is 1. The number of pyridine rings is 1. The number of halogens is 1. The van der Waals surface area contributed by atoms with E-state index in [1.165, 1.54) is 30.8 Å². The topological polar surface area (TPSA) is 93.5 Å². The van der Waals surface area contributed by atoms with Crippen molar-refractivity contribution < 1.29 is 14.0 Å². The van der Waals surface area contributed by atoms with Crippen LogP contribution in [0, 0.1) is 19.7 Å². The Morgan fingerprint density at radius 3 is 2.33 bits per heavy atom. The minimum Gasteiger partial charge on any atom is -0.355 e. The van der Waals surface area contributed by atoms with E-state index in [9.17, 15) is 14.0 Å². The van der Waals surface area contributed by atoms with Gasteiger partial charge in [0.25, 0.3) is 0 Å². The zero-order valence-electron chi connectivity index (χ0n) is 18.6. The Morgan fingerprint density at radius 1 is 1.06 bits per heavy atom. The molecule has 0 radical (unpaired) electrons. The van der Waals surface area contributed by atoms with Crippen molar-refractivity contribution in [2.24, 2.45) is 0 Å². The van der Waals surface area contributed by atoms with Crippen molar-refractivity contribution in [3.05, 3.63) is 77.1 Å². The normalized spacial score (nSPS) is 12.0. The van der Waals surface area contributed by atoms with Crippen molar-refractivity contribution in [3.63, 3.8) is 0 Å². The van der Waals surface area contributed by atoms with Crippen LogP contribution in [0.3, 0.4) is 0 Å². The second-order valence-electron chi connectivity index (χ2n) is 7.66. The number of benzene rings is 1. The number of H-pyrrole nitrogens is 1. The number of aromatic nitrogens is 5. The van der Waals surface area contributed by atoms with E-state index < -0.39 is 5.25 Å². The summed E-state index contributed by atoms with van der Waals surface area (Å²) in [4.78, 5) is 32.3. The van der Waals surface area contributed by atoms with Gasteiger partial charge in [0, 0.05) is 34.9 Å². The Labute approximate surface area is 194 Å². The first kappa shape index (κ1) is 22.6. The molecular weight excluding hydrogens is 441 g/mol. The number of ketones is 2. The first-order valence-electron chi connectivity index (χ1n) is 10.3. The fraction of sp³-hybridized carbons (Fsp3) is 0.208. The Hall–Kier alpha value is -3.59. The predicted molar refractivity (Wildman–Crippen MR) is 124 cm³/mol. The number of thioether (sulfide) groups is 1. The summed E-state index contributed by atoms with van der Waals surface area (Å²) in [5, 5.41) is 8.63. The van der Waals surface area contributed by atoms with E-state index >= 15 is 0 Å². The Morgan fingerprint density at radius 2 is 1.73 bits per heavy atom. The molecule has 0 aliphatic rings. The van der Waals surface area contributed by atoms with Crippen LogP contribution in [-0.2, 0) is 0 Å². The van der Waals surface area contributed by atoms with Gasteiger partial charge in [-0.05, 0) is 69.7 Å². The lowest BCUT2D eigenvalue weighted by Gasteiger charge is -2.13. The van der Waals surface area contributed by atoms with E-state index in [0.717, 1.165) is 5.56 Å². The average molecular weight is 464 g/mol. The summed E-state index contributed by atoms with van der Waals surface area (Å²) >= 11 is 1.25. The molecule has 33 heavy (non-hydrogen) atoms. The molecular formula is C24H22FN5O2S. The van der Waals surface area contributed by atoms with Crippen LogP contribution in [0.25, 0.3) is 17.1 Å². The molecule has 1 unspecified atom stereocenters. The quantitative estimate of drug-likeness (QED) is 0.307. The third kappa shape index (κ3) is 4.36. The van der Waals surface area contributed by atoms with Crippen molar-refractivity contribution in [1.82, 2.24) is 24.7 Å². The molecule has 1 atom stereocenters. The van der Waals surface area contributed by atoms with Gasteiger partial charge in [0.05, 0.1) is 10.9 Å². The second-order valence-corrected chi connectivity index (χ2v) is 8.97. The maximum atomic E-state index is 13.6.